The summed E-state index contributed by atoms with van der Waals surface area (Å²) in [5, 5.41) is 0. The van der Waals surface area contributed by atoms with Gasteiger partial charge in [0.15, 0.2) is 5.90 Å². The maximum atomic E-state index is 5.36. The maximum absolute atomic E-state index is 5.36. The Balaban J connectivity index is 2.37. The van der Waals surface area contributed by atoms with E-state index in [4.69, 9.17) is 10.5 Å². The first-order chi connectivity index (χ1) is 5.14. The number of hydrogen-bond acceptors (Lipinski definition) is 3. The molecule has 0 saturated heterocycles. The summed E-state index contributed by atoms with van der Waals surface area (Å²) in [4.78, 5) is 4.40. The van der Waals surface area contributed by atoms with Gasteiger partial charge < -0.3 is 10.5 Å². The van der Waals surface area contributed by atoms with Crippen molar-refractivity contribution in [2.75, 3.05) is 13.2 Å². The molecule has 11 heavy (non-hydrogen) atoms. The first-order valence-electron chi connectivity index (χ1n) is 4.06. The molecule has 0 amide bonds. The minimum atomic E-state index is -0.00999. The summed E-state index contributed by atoms with van der Waals surface area (Å²) >= 11 is 0. The monoisotopic (exact) mass is 156 g/mol. The lowest BCUT2D eigenvalue weighted by molar-refractivity contribution is 0.273. The van der Waals surface area contributed by atoms with Crippen LogP contribution in [0.3, 0.4) is 0 Å². The second-order valence-corrected chi connectivity index (χ2v) is 3.50. The fourth-order valence-corrected chi connectivity index (χ4v) is 1.04. The van der Waals surface area contributed by atoms with Crippen molar-refractivity contribution in [3.63, 3.8) is 0 Å². The van der Waals surface area contributed by atoms with Crippen molar-refractivity contribution in [2.24, 2.45) is 10.7 Å². The second-order valence-electron chi connectivity index (χ2n) is 3.50. The number of hydrogen-bond donors (Lipinski definition) is 1. The van der Waals surface area contributed by atoms with E-state index in [2.05, 4.69) is 18.8 Å². The number of aliphatic imine (C=N–C) groups is 1. The van der Waals surface area contributed by atoms with E-state index < -0.39 is 0 Å². The van der Waals surface area contributed by atoms with Crippen LogP contribution in [-0.4, -0.2) is 24.6 Å². The first kappa shape index (κ1) is 8.53. The predicted octanol–water partition coefficient (Wildman–Crippen LogP) is 0.933. The van der Waals surface area contributed by atoms with Gasteiger partial charge in [0, 0.05) is 6.42 Å². The SMILES string of the molecule is CC1(C)COC(CCCN)=N1. The normalized spacial score (nSPS) is 21.2. The summed E-state index contributed by atoms with van der Waals surface area (Å²) in [5.74, 6) is 0.875. The Bertz CT molecular complexity index is 163. The van der Waals surface area contributed by atoms with E-state index in [1.165, 1.54) is 0 Å². The zero-order chi connectivity index (χ0) is 8.32. The quantitative estimate of drug-likeness (QED) is 0.660. The Hall–Kier alpha value is -0.570. The topological polar surface area (TPSA) is 47.6 Å². The van der Waals surface area contributed by atoms with Gasteiger partial charge in [0.05, 0.1) is 5.54 Å². The van der Waals surface area contributed by atoms with Crippen molar-refractivity contribution in [3.8, 4) is 0 Å². The molecule has 0 aromatic heterocycles. The molecule has 0 aromatic carbocycles. The minimum absolute atomic E-state index is 0.00999. The Morgan fingerprint density at radius 2 is 2.36 bits per heavy atom. The predicted molar refractivity (Wildman–Crippen MR) is 45.8 cm³/mol. The van der Waals surface area contributed by atoms with Crippen molar-refractivity contribution in [3.05, 3.63) is 0 Å². The number of ether oxygens (including phenoxy) is 1. The molecule has 0 aliphatic carbocycles. The maximum Gasteiger partial charge on any atom is 0.183 e. The molecule has 0 aromatic rings. The van der Waals surface area contributed by atoms with E-state index in [-0.39, 0.29) is 5.54 Å². The van der Waals surface area contributed by atoms with Gasteiger partial charge in [-0.25, -0.2) is 4.99 Å². The van der Waals surface area contributed by atoms with E-state index in [1.54, 1.807) is 0 Å². The van der Waals surface area contributed by atoms with Gasteiger partial charge in [-0.3, -0.25) is 0 Å². The second kappa shape index (κ2) is 3.22. The molecule has 0 bridgehead atoms. The largest absolute Gasteiger partial charge is 0.478 e. The highest BCUT2D eigenvalue weighted by Crippen LogP contribution is 2.18. The Morgan fingerprint density at radius 1 is 1.64 bits per heavy atom. The summed E-state index contributed by atoms with van der Waals surface area (Å²) in [6.45, 7) is 5.57. The van der Waals surface area contributed by atoms with E-state index in [1.807, 2.05) is 0 Å². The van der Waals surface area contributed by atoms with Crippen LogP contribution < -0.4 is 5.73 Å². The lowest BCUT2D eigenvalue weighted by Gasteiger charge is -2.07. The van der Waals surface area contributed by atoms with E-state index in [0.717, 1.165) is 18.7 Å². The van der Waals surface area contributed by atoms with Gasteiger partial charge in [-0.1, -0.05) is 0 Å². The highest BCUT2D eigenvalue weighted by Gasteiger charge is 2.25. The van der Waals surface area contributed by atoms with Gasteiger partial charge in [-0.05, 0) is 26.8 Å². The molecule has 1 rings (SSSR count). The lowest BCUT2D eigenvalue weighted by Crippen LogP contribution is -2.17. The molecule has 3 heteroatoms. The van der Waals surface area contributed by atoms with Crippen LogP contribution >= 0.6 is 0 Å². The molecule has 1 heterocycles. The van der Waals surface area contributed by atoms with Crippen molar-refractivity contribution in [2.45, 2.75) is 32.2 Å². The van der Waals surface area contributed by atoms with Gasteiger partial charge in [0.2, 0.25) is 0 Å². The molecular formula is C8H16N2O. The zero-order valence-corrected chi connectivity index (χ0v) is 7.26. The molecule has 1 aliphatic heterocycles. The third-order valence-electron chi connectivity index (χ3n) is 1.61. The number of nitrogens with zero attached hydrogens (tertiary/aromatic N) is 1. The molecule has 0 fully saturated rings. The lowest BCUT2D eigenvalue weighted by atomic mass is 10.1. The zero-order valence-electron chi connectivity index (χ0n) is 7.26. The third-order valence-corrected chi connectivity index (χ3v) is 1.61. The molecular weight excluding hydrogens is 140 g/mol. The summed E-state index contributed by atoms with van der Waals surface area (Å²) < 4.78 is 5.36. The minimum Gasteiger partial charge on any atom is -0.478 e. The molecule has 0 radical (unpaired) electrons. The summed E-state index contributed by atoms with van der Waals surface area (Å²) in [6.07, 6.45) is 1.86. The van der Waals surface area contributed by atoms with Crippen LogP contribution in [0.4, 0.5) is 0 Å². The smallest absolute Gasteiger partial charge is 0.183 e. The van der Waals surface area contributed by atoms with Crippen molar-refractivity contribution in [1.29, 1.82) is 0 Å². The van der Waals surface area contributed by atoms with Crippen molar-refractivity contribution < 1.29 is 4.74 Å². The third kappa shape index (κ3) is 2.50. The van der Waals surface area contributed by atoms with Crippen LogP contribution in [0, 0.1) is 0 Å². The van der Waals surface area contributed by atoms with E-state index in [9.17, 15) is 0 Å². The molecule has 0 unspecified atom stereocenters. The highest BCUT2D eigenvalue weighted by molar-refractivity contribution is 5.78. The Morgan fingerprint density at radius 3 is 2.82 bits per heavy atom. The standard InChI is InChI=1S/C8H16N2O/c1-8(2)6-11-7(10-8)4-3-5-9/h3-6,9H2,1-2H3. The van der Waals surface area contributed by atoms with Gasteiger partial charge >= 0.3 is 0 Å². The fraction of sp³-hybridized carbons (Fsp3) is 0.875. The van der Waals surface area contributed by atoms with Crippen molar-refractivity contribution >= 4 is 5.90 Å². The summed E-state index contributed by atoms with van der Waals surface area (Å²) in [7, 11) is 0. The van der Waals surface area contributed by atoms with Crippen LogP contribution in [-0.2, 0) is 4.74 Å². The molecule has 1 aliphatic rings. The van der Waals surface area contributed by atoms with Gasteiger partial charge in [-0.15, -0.1) is 0 Å². The Labute approximate surface area is 67.6 Å². The average molecular weight is 156 g/mol. The molecule has 0 atom stereocenters. The molecule has 0 saturated carbocycles. The molecule has 64 valence electrons. The number of nitrogens with two attached hydrogens (primary N) is 1. The number of rotatable bonds is 3. The van der Waals surface area contributed by atoms with Gasteiger partial charge in [0.1, 0.15) is 6.61 Å². The van der Waals surface area contributed by atoms with Crippen LogP contribution in [0.1, 0.15) is 26.7 Å². The molecule has 3 nitrogen and oxygen atoms in total. The van der Waals surface area contributed by atoms with Crippen LogP contribution in [0.2, 0.25) is 0 Å². The van der Waals surface area contributed by atoms with Gasteiger partial charge in [0.25, 0.3) is 0 Å². The molecule has 2 N–H and O–H groups in total. The van der Waals surface area contributed by atoms with Crippen molar-refractivity contribution in [1.82, 2.24) is 0 Å². The van der Waals surface area contributed by atoms with Crippen LogP contribution in [0.25, 0.3) is 0 Å². The molecule has 0 spiro atoms. The van der Waals surface area contributed by atoms with Crippen LogP contribution in [0.15, 0.2) is 4.99 Å². The first-order valence-corrected chi connectivity index (χ1v) is 4.06. The summed E-state index contributed by atoms with van der Waals surface area (Å²) in [6, 6.07) is 0. The van der Waals surface area contributed by atoms with E-state index >= 15 is 0 Å². The average Bonchev–Trinajstić information content (AvgIpc) is 2.26. The Kier molecular flexibility index (Phi) is 2.49. The summed E-state index contributed by atoms with van der Waals surface area (Å²) in [5.41, 5.74) is 5.35. The van der Waals surface area contributed by atoms with Crippen LogP contribution in [0.5, 0.6) is 0 Å². The fourth-order valence-electron chi connectivity index (χ4n) is 1.04. The highest BCUT2D eigenvalue weighted by atomic mass is 16.5. The van der Waals surface area contributed by atoms with E-state index in [0.29, 0.717) is 13.2 Å². The van der Waals surface area contributed by atoms with Gasteiger partial charge in [-0.2, -0.15) is 0 Å².